The van der Waals surface area contributed by atoms with Gasteiger partial charge in [0.25, 0.3) is 0 Å². The Kier molecular flexibility index (Phi) is 3.78. The minimum Gasteiger partial charge on any atom is -0.462 e. The largest absolute Gasteiger partial charge is 0.462 e. The Morgan fingerprint density at radius 2 is 2.37 bits per heavy atom. The predicted molar refractivity (Wildman–Crippen MR) is 72.7 cm³/mol. The third-order valence-electron chi connectivity index (χ3n) is 3.61. The third-order valence-corrected chi connectivity index (χ3v) is 3.61. The van der Waals surface area contributed by atoms with Crippen LogP contribution < -0.4 is 10.6 Å². The molecule has 1 aliphatic heterocycles. The maximum atomic E-state index is 11.7. The minimum atomic E-state index is -1.37. The third kappa shape index (κ3) is 2.57. The van der Waals surface area contributed by atoms with Gasteiger partial charge < -0.3 is 14.7 Å². The van der Waals surface area contributed by atoms with Crippen molar-refractivity contribution in [3.8, 4) is 0 Å². The van der Waals surface area contributed by atoms with Gasteiger partial charge in [-0.2, -0.15) is 0 Å². The van der Waals surface area contributed by atoms with Crippen LogP contribution >= 0.6 is 0 Å². The van der Waals surface area contributed by atoms with Gasteiger partial charge in [-0.25, -0.2) is 4.79 Å². The van der Waals surface area contributed by atoms with Crippen LogP contribution in [0.5, 0.6) is 0 Å². The van der Waals surface area contributed by atoms with Gasteiger partial charge in [0, 0.05) is 18.2 Å². The van der Waals surface area contributed by atoms with Crippen molar-refractivity contribution in [3.63, 3.8) is 0 Å². The number of carbonyl (C=O) groups is 1. The summed E-state index contributed by atoms with van der Waals surface area (Å²) in [6.07, 6.45) is 0.816. The van der Waals surface area contributed by atoms with E-state index in [1.54, 1.807) is 30.0 Å². The normalized spacial score (nSPS) is 26.5. The fraction of sp³-hybridized carbons (Fsp3) is 0.500. The van der Waals surface area contributed by atoms with Gasteiger partial charge in [-0.1, -0.05) is 13.0 Å². The summed E-state index contributed by atoms with van der Waals surface area (Å²) in [5.74, 6) is -1.75. The molecule has 0 unspecified atom stereocenters. The Hall–Kier alpha value is -1.59. The van der Waals surface area contributed by atoms with Crippen LogP contribution in [0.3, 0.4) is 0 Å². The molecule has 1 aliphatic rings. The lowest BCUT2D eigenvalue weighted by molar-refractivity contribution is 0.0184. The zero-order valence-electron chi connectivity index (χ0n) is 11.3. The molecule has 1 aromatic carbocycles. The number of hydrogen-bond acceptors (Lipinski definition) is 5. The van der Waals surface area contributed by atoms with Crippen molar-refractivity contribution in [1.82, 2.24) is 0 Å². The molecule has 0 saturated carbocycles. The molecule has 0 aromatic heterocycles. The Morgan fingerprint density at radius 3 is 2.95 bits per heavy atom. The maximum Gasteiger partial charge on any atom is 0.338 e. The van der Waals surface area contributed by atoms with Gasteiger partial charge >= 0.3 is 5.97 Å². The fourth-order valence-corrected chi connectivity index (χ4v) is 2.33. The number of nitrogens with two attached hydrogens (primary N) is 1. The molecule has 0 bridgehead atoms. The predicted octanol–water partition coefficient (Wildman–Crippen LogP) is 1.31. The van der Waals surface area contributed by atoms with Gasteiger partial charge in [0.15, 0.2) is 5.85 Å². The topological polar surface area (TPSA) is 75.8 Å². The fourth-order valence-electron chi connectivity index (χ4n) is 2.33. The summed E-state index contributed by atoms with van der Waals surface area (Å²) in [5.41, 5.74) is 7.15. The van der Waals surface area contributed by atoms with Crippen molar-refractivity contribution in [2.24, 2.45) is 11.7 Å². The van der Waals surface area contributed by atoms with Crippen LogP contribution in [-0.4, -0.2) is 30.1 Å². The lowest BCUT2D eigenvalue weighted by Gasteiger charge is -2.34. The van der Waals surface area contributed by atoms with E-state index in [9.17, 15) is 9.90 Å². The molecule has 1 heterocycles. The lowest BCUT2D eigenvalue weighted by Crippen LogP contribution is -2.55. The van der Waals surface area contributed by atoms with Crippen LogP contribution in [-0.2, 0) is 4.74 Å². The quantitative estimate of drug-likeness (QED) is 0.636. The first-order valence-electron chi connectivity index (χ1n) is 6.53. The standard InChI is InChI=1S/C14H20N2O3/c1-3-19-13(17)11-5-4-6-12(9-11)16-8-7-10(2)14(16,15)18/h4-6,9-10,18H,3,7-8,15H2,1-2H3/t10-,14-/m0/s1. The van der Waals surface area contributed by atoms with Gasteiger partial charge in [-0.05, 0) is 31.5 Å². The second-order valence-electron chi connectivity index (χ2n) is 4.90. The smallest absolute Gasteiger partial charge is 0.338 e. The van der Waals surface area contributed by atoms with Gasteiger partial charge in [-0.15, -0.1) is 0 Å². The summed E-state index contributed by atoms with van der Waals surface area (Å²) >= 11 is 0. The van der Waals surface area contributed by atoms with E-state index in [4.69, 9.17) is 10.5 Å². The summed E-state index contributed by atoms with van der Waals surface area (Å²) in [6, 6.07) is 6.99. The Bertz CT molecular complexity index is 474. The number of benzene rings is 1. The highest BCUT2D eigenvalue weighted by Crippen LogP contribution is 2.33. The van der Waals surface area contributed by atoms with Gasteiger partial charge in [-0.3, -0.25) is 5.73 Å². The van der Waals surface area contributed by atoms with E-state index in [0.29, 0.717) is 18.7 Å². The Balaban J connectivity index is 2.27. The average molecular weight is 264 g/mol. The molecule has 0 aliphatic carbocycles. The van der Waals surface area contributed by atoms with Gasteiger partial charge in [0.2, 0.25) is 0 Å². The minimum absolute atomic E-state index is 0.0150. The number of rotatable bonds is 3. The van der Waals surface area contributed by atoms with Crippen LogP contribution in [0.15, 0.2) is 24.3 Å². The molecule has 5 nitrogen and oxygen atoms in total. The second-order valence-corrected chi connectivity index (χ2v) is 4.90. The van der Waals surface area contributed by atoms with E-state index in [2.05, 4.69) is 0 Å². The highest BCUT2D eigenvalue weighted by atomic mass is 16.5. The van der Waals surface area contributed by atoms with Crippen molar-refractivity contribution >= 4 is 11.7 Å². The first kappa shape index (κ1) is 13.8. The zero-order chi connectivity index (χ0) is 14.0. The molecule has 0 spiro atoms. The molecule has 1 aromatic rings. The average Bonchev–Trinajstić information content (AvgIpc) is 2.65. The SMILES string of the molecule is CCOC(=O)c1cccc(N2CC[C@H](C)[C@@]2(N)O)c1. The number of ether oxygens (including phenoxy) is 1. The second kappa shape index (κ2) is 5.19. The van der Waals surface area contributed by atoms with E-state index < -0.39 is 5.85 Å². The zero-order valence-corrected chi connectivity index (χ0v) is 11.3. The van der Waals surface area contributed by atoms with Crippen LogP contribution in [0.4, 0.5) is 5.69 Å². The van der Waals surface area contributed by atoms with Crippen molar-refractivity contribution in [2.45, 2.75) is 26.1 Å². The molecule has 5 heteroatoms. The van der Waals surface area contributed by atoms with Crippen LogP contribution in [0.2, 0.25) is 0 Å². The summed E-state index contributed by atoms with van der Waals surface area (Å²) < 4.78 is 4.97. The summed E-state index contributed by atoms with van der Waals surface area (Å²) in [7, 11) is 0. The van der Waals surface area contributed by atoms with E-state index in [1.165, 1.54) is 0 Å². The van der Waals surface area contributed by atoms with E-state index >= 15 is 0 Å². The highest BCUT2D eigenvalue weighted by Gasteiger charge is 2.41. The Morgan fingerprint density at radius 1 is 1.63 bits per heavy atom. The van der Waals surface area contributed by atoms with E-state index in [0.717, 1.165) is 12.1 Å². The van der Waals surface area contributed by atoms with E-state index in [1.807, 2.05) is 13.0 Å². The highest BCUT2D eigenvalue weighted by molar-refractivity contribution is 5.90. The first-order valence-corrected chi connectivity index (χ1v) is 6.53. The molecule has 2 rings (SSSR count). The van der Waals surface area contributed by atoms with Gasteiger partial charge in [0.1, 0.15) is 0 Å². The molecular weight excluding hydrogens is 244 g/mol. The number of anilines is 1. The summed E-state index contributed by atoms with van der Waals surface area (Å²) in [4.78, 5) is 13.4. The molecule has 2 atom stereocenters. The lowest BCUT2D eigenvalue weighted by atomic mass is 10.1. The molecule has 1 saturated heterocycles. The first-order chi connectivity index (χ1) is 8.96. The van der Waals surface area contributed by atoms with Crippen molar-refractivity contribution in [1.29, 1.82) is 0 Å². The number of esters is 1. The number of nitrogens with zero attached hydrogens (tertiary/aromatic N) is 1. The molecule has 3 N–H and O–H groups in total. The van der Waals surface area contributed by atoms with E-state index in [-0.39, 0.29) is 11.9 Å². The summed E-state index contributed by atoms with van der Waals surface area (Å²) in [5, 5.41) is 10.3. The molecule has 104 valence electrons. The molecule has 19 heavy (non-hydrogen) atoms. The van der Waals surface area contributed by atoms with Crippen LogP contribution in [0.25, 0.3) is 0 Å². The monoisotopic (exact) mass is 264 g/mol. The van der Waals surface area contributed by atoms with Crippen molar-refractivity contribution in [3.05, 3.63) is 29.8 Å². The number of aliphatic hydroxyl groups is 1. The number of hydrogen-bond donors (Lipinski definition) is 2. The molecular formula is C14H20N2O3. The van der Waals surface area contributed by atoms with Crippen molar-refractivity contribution in [2.75, 3.05) is 18.1 Å². The van der Waals surface area contributed by atoms with Crippen LogP contribution in [0.1, 0.15) is 30.6 Å². The number of carbonyl (C=O) groups excluding carboxylic acids is 1. The molecule has 0 amide bonds. The van der Waals surface area contributed by atoms with Gasteiger partial charge in [0.05, 0.1) is 12.2 Å². The van der Waals surface area contributed by atoms with Crippen LogP contribution in [0, 0.1) is 5.92 Å². The van der Waals surface area contributed by atoms with Crippen molar-refractivity contribution < 1.29 is 14.6 Å². The maximum absolute atomic E-state index is 11.7. The Labute approximate surface area is 113 Å². The molecule has 1 fully saturated rings. The molecule has 0 radical (unpaired) electrons. The summed E-state index contributed by atoms with van der Waals surface area (Å²) in [6.45, 7) is 4.68.